The fraction of sp³-hybridized carbons (Fsp3) is 0.636. The zero-order valence-corrected chi connectivity index (χ0v) is 10.7. The third-order valence-electron chi connectivity index (χ3n) is 2.99. The number of hydrogen-bond donors (Lipinski definition) is 2. The molecule has 1 atom stereocenters. The van der Waals surface area contributed by atoms with Gasteiger partial charge in [0.2, 0.25) is 5.75 Å². The van der Waals surface area contributed by atoms with Crippen LogP contribution in [0.3, 0.4) is 0 Å². The van der Waals surface area contributed by atoms with Crippen molar-refractivity contribution in [2.24, 2.45) is 5.84 Å². The first-order chi connectivity index (χ1) is 8.76. The molecule has 1 aromatic rings. The third-order valence-corrected chi connectivity index (χ3v) is 2.99. The van der Waals surface area contributed by atoms with Gasteiger partial charge in [-0.05, 0) is 12.8 Å². The van der Waals surface area contributed by atoms with E-state index in [2.05, 4.69) is 15.4 Å². The average molecular weight is 253 g/mol. The molecule has 3 N–H and O–H groups in total. The normalized spacial score (nSPS) is 18.7. The van der Waals surface area contributed by atoms with Gasteiger partial charge in [0.05, 0.1) is 13.2 Å². The number of ether oxygens (including phenoxy) is 2. The molecule has 18 heavy (non-hydrogen) atoms. The van der Waals surface area contributed by atoms with Gasteiger partial charge >= 0.3 is 0 Å². The Hall–Kier alpha value is -1.60. The van der Waals surface area contributed by atoms with Crippen molar-refractivity contribution in [2.45, 2.75) is 18.9 Å². The van der Waals surface area contributed by atoms with Gasteiger partial charge in [-0.15, -0.1) is 0 Å². The van der Waals surface area contributed by atoms with Gasteiger partial charge in [-0.3, -0.25) is 0 Å². The van der Waals surface area contributed by atoms with Gasteiger partial charge in [0.25, 0.3) is 0 Å². The van der Waals surface area contributed by atoms with Crippen molar-refractivity contribution in [1.82, 2.24) is 9.97 Å². The number of rotatable bonds is 5. The lowest BCUT2D eigenvalue weighted by molar-refractivity contribution is 0.116. The van der Waals surface area contributed by atoms with E-state index in [1.807, 2.05) is 11.9 Å². The van der Waals surface area contributed by atoms with Crippen molar-refractivity contribution >= 4 is 11.6 Å². The van der Waals surface area contributed by atoms with Crippen LogP contribution in [0.15, 0.2) is 6.33 Å². The molecule has 0 bridgehead atoms. The van der Waals surface area contributed by atoms with Gasteiger partial charge in [0, 0.05) is 20.2 Å². The van der Waals surface area contributed by atoms with Crippen molar-refractivity contribution in [3.05, 3.63) is 6.33 Å². The maximum Gasteiger partial charge on any atom is 0.205 e. The number of nitrogens with zero attached hydrogens (tertiary/aromatic N) is 3. The molecule has 2 heterocycles. The maximum atomic E-state index is 5.61. The molecule has 1 aliphatic rings. The van der Waals surface area contributed by atoms with Crippen LogP contribution in [0.25, 0.3) is 0 Å². The van der Waals surface area contributed by atoms with Crippen LogP contribution in [-0.4, -0.2) is 43.4 Å². The summed E-state index contributed by atoms with van der Waals surface area (Å²) in [6.45, 7) is 1.62. The van der Waals surface area contributed by atoms with Crippen LogP contribution >= 0.6 is 0 Å². The highest BCUT2D eigenvalue weighted by molar-refractivity contribution is 5.64. The van der Waals surface area contributed by atoms with Crippen LogP contribution in [0, 0.1) is 0 Å². The number of anilines is 2. The van der Waals surface area contributed by atoms with Gasteiger partial charge < -0.3 is 19.8 Å². The second kappa shape index (κ2) is 5.83. The minimum absolute atomic E-state index is 0.254. The van der Waals surface area contributed by atoms with E-state index < -0.39 is 0 Å². The molecule has 0 spiro atoms. The van der Waals surface area contributed by atoms with Crippen molar-refractivity contribution in [2.75, 3.05) is 37.6 Å². The van der Waals surface area contributed by atoms with E-state index in [-0.39, 0.29) is 6.10 Å². The molecule has 1 aromatic heterocycles. The minimum atomic E-state index is 0.254. The molecular weight excluding hydrogens is 234 g/mol. The molecule has 1 unspecified atom stereocenters. The highest BCUT2D eigenvalue weighted by atomic mass is 16.5. The summed E-state index contributed by atoms with van der Waals surface area (Å²) in [6, 6.07) is 0. The van der Waals surface area contributed by atoms with Crippen molar-refractivity contribution in [3.8, 4) is 5.75 Å². The van der Waals surface area contributed by atoms with Crippen LogP contribution in [0.5, 0.6) is 5.75 Å². The Morgan fingerprint density at radius 3 is 3.06 bits per heavy atom. The van der Waals surface area contributed by atoms with E-state index in [9.17, 15) is 0 Å². The number of nitrogens with two attached hydrogens (primary N) is 1. The Bertz CT molecular complexity index is 395. The molecule has 0 amide bonds. The van der Waals surface area contributed by atoms with E-state index in [4.69, 9.17) is 15.3 Å². The number of likely N-dealkylation sites (N-methyl/N-ethyl adjacent to an activating group) is 1. The summed E-state index contributed by atoms with van der Waals surface area (Å²) in [4.78, 5) is 10.2. The molecule has 0 saturated carbocycles. The Kier molecular flexibility index (Phi) is 4.16. The van der Waals surface area contributed by atoms with E-state index in [1.165, 1.54) is 6.33 Å². The van der Waals surface area contributed by atoms with Crippen molar-refractivity contribution in [3.63, 3.8) is 0 Å². The van der Waals surface area contributed by atoms with Crippen LogP contribution in [-0.2, 0) is 4.74 Å². The SMILES string of the molecule is COc1c(NN)ncnc1N(C)CC1CCCO1. The molecule has 0 aliphatic carbocycles. The molecule has 0 radical (unpaired) electrons. The fourth-order valence-electron chi connectivity index (χ4n) is 2.11. The first kappa shape index (κ1) is 12.8. The number of hydrazine groups is 1. The second-order valence-corrected chi connectivity index (χ2v) is 4.24. The van der Waals surface area contributed by atoms with Gasteiger partial charge in [0.1, 0.15) is 6.33 Å². The molecule has 0 aromatic carbocycles. The standard InChI is InChI=1S/C11H19N5O2/c1-16(6-8-4-3-5-18-8)11-9(17-2)10(15-12)13-7-14-11/h7-8H,3-6,12H2,1-2H3,(H,13,14,15). The third kappa shape index (κ3) is 2.62. The Balaban J connectivity index is 2.15. The Labute approximate surface area is 106 Å². The summed E-state index contributed by atoms with van der Waals surface area (Å²) >= 11 is 0. The first-order valence-electron chi connectivity index (χ1n) is 5.94. The van der Waals surface area contributed by atoms with Gasteiger partial charge in [-0.25, -0.2) is 15.8 Å². The van der Waals surface area contributed by atoms with Crippen LogP contribution in [0.4, 0.5) is 11.6 Å². The van der Waals surface area contributed by atoms with E-state index in [0.717, 1.165) is 26.0 Å². The zero-order chi connectivity index (χ0) is 13.0. The summed E-state index contributed by atoms with van der Waals surface area (Å²) in [5.41, 5.74) is 2.50. The topological polar surface area (TPSA) is 85.5 Å². The summed E-state index contributed by atoms with van der Waals surface area (Å²) in [5, 5.41) is 0. The molecule has 1 fully saturated rings. The van der Waals surface area contributed by atoms with E-state index in [1.54, 1.807) is 7.11 Å². The highest BCUT2D eigenvalue weighted by Crippen LogP contribution is 2.31. The van der Waals surface area contributed by atoms with Gasteiger partial charge in [0.15, 0.2) is 11.6 Å². The summed E-state index contributed by atoms with van der Waals surface area (Å²) < 4.78 is 10.9. The van der Waals surface area contributed by atoms with Crippen molar-refractivity contribution in [1.29, 1.82) is 0 Å². The largest absolute Gasteiger partial charge is 0.490 e. The van der Waals surface area contributed by atoms with E-state index in [0.29, 0.717) is 17.4 Å². The van der Waals surface area contributed by atoms with E-state index >= 15 is 0 Å². The van der Waals surface area contributed by atoms with Gasteiger partial charge in [-0.1, -0.05) is 0 Å². The molecular formula is C11H19N5O2. The quantitative estimate of drug-likeness (QED) is 0.579. The first-order valence-corrected chi connectivity index (χ1v) is 5.94. The van der Waals surface area contributed by atoms with Crippen LogP contribution in [0.2, 0.25) is 0 Å². The maximum absolute atomic E-state index is 5.61. The monoisotopic (exact) mass is 253 g/mol. The molecule has 7 nitrogen and oxygen atoms in total. The minimum Gasteiger partial charge on any atom is -0.490 e. The average Bonchev–Trinajstić information content (AvgIpc) is 2.90. The second-order valence-electron chi connectivity index (χ2n) is 4.24. The highest BCUT2D eigenvalue weighted by Gasteiger charge is 2.21. The predicted octanol–water partition coefficient (Wildman–Crippen LogP) is 0.386. The zero-order valence-electron chi connectivity index (χ0n) is 10.7. The summed E-state index contributed by atoms with van der Waals surface area (Å²) in [6.07, 6.45) is 3.91. The molecule has 1 aliphatic heterocycles. The molecule has 1 saturated heterocycles. The number of nitrogens with one attached hydrogen (secondary N) is 1. The number of methoxy groups -OCH3 is 1. The lowest BCUT2D eigenvalue weighted by atomic mass is 10.2. The lowest BCUT2D eigenvalue weighted by Gasteiger charge is -2.23. The number of aromatic nitrogens is 2. The Morgan fingerprint density at radius 2 is 2.44 bits per heavy atom. The molecule has 100 valence electrons. The lowest BCUT2D eigenvalue weighted by Crippen LogP contribution is -2.29. The summed E-state index contributed by atoms with van der Waals surface area (Å²) in [5.74, 6) is 7.12. The molecule has 7 heteroatoms. The number of hydrogen-bond acceptors (Lipinski definition) is 7. The number of nitrogen functional groups attached to an aromatic ring is 1. The summed E-state index contributed by atoms with van der Waals surface area (Å²) in [7, 11) is 3.52. The van der Waals surface area contributed by atoms with Gasteiger partial charge in [-0.2, -0.15) is 0 Å². The molecule has 2 rings (SSSR count). The van der Waals surface area contributed by atoms with Crippen LogP contribution in [0.1, 0.15) is 12.8 Å². The Morgan fingerprint density at radius 1 is 1.61 bits per heavy atom. The predicted molar refractivity (Wildman–Crippen MR) is 68.6 cm³/mol. The van der Waals surface area contributed by atoms with Crippen LogP contribution < -0.4 is 20.9 Å². The van der Waals surface area contributed by atoms with Crippen molar-refractivity contribution < 1.29 is 9.47 Å². The fourth-order valence-corrected chi connectivity index (χ4v) is 2.11. The smallest absolute Gasteiger partial charge is 0.205 e.